The predicted molar refractivity (Wildman–Crippen MR) is 94.7 cm³/mol. The summed E-state index contributed by atoms with van der Waals surface area (Å²) < 4.78 is 0. The molecule has 0 unspecified atom stereocenters. The second-order valence-corrected chi connectivity index (χ2v) is 7.11. The fraction of sp³-hybridized carbons (Fsp3) is 0.632. The monoisotopic (exact) mass is 315 g/mol. The first kappa shape index (κ1) is 16.3. The molecule has 2 aliphatic rings. The Bertz CT molecular complexity index is 537. The van der Waals surface area contributed by atoms with Gasteiger partial charge in [0.2, 0.25) is 5.91 Å². The smallest absolute Gasteiger partial charge is 0.239 e. The third kappa shape index (κ3) is 4.05. The minimum absolute atomic E-state index is 0.116. The van der Waals surface area contributed by atoms with E-state index >= 15 is 0 Å². The van der Waals surface area contributed by atoms with Crippen LogP contribution in [0.3, 0.4) is 0 Å². The van der Waals surface area contributed by atoms with Crippen LogP contribution >= 0.6 is 0 Å². The highest BCUT2D eigenvalue weighted by molar-refractivity contribution is 5.82. The number of nitrogens with zero attached hydrogens (tertiary/aromatic N) is 2. The molecule has 2 saturated heterocycles. The molecule has 2 fully saturated rings. The van der Waals surface area contributed by atoms with Gasteiger partial charge < -0.3 is 10.2 Å². The van der Waals surface area contributed by atoms with E-state index in [0.717, 1.165) is 38.9 Å². The van der Waals surface area contributed by atoms with Gasteiger partial charge in [-0.3, -0.25) is 9.69 Å². The summed E-state index contributed by atoms with van der Waals surface area (Å²) in [5.41, 5.74) is 2.48. The first-order chi connectivity index (χ1) is 11.1. The highest BCUT2D eigenvalue weighted by Crippen LogP contribution is 2.21. The van der Waals surface area contributed by atoms with Crippen LogP contribution in [0, 0.1) is 6.92 Å². The third-order valence-corrected chi connectivity index (χ3v) is 5.25. The SMILES string of the molecule is Cc1cccc(NC2CCN(C(=O)[C@H]3CCCCN3C)CC2)c1. The Morgan fingerprint density at radius 3 is 2.61 bits per heavy atom. The van der Waals surface area contributed by atoms with Crippen molar-refractivity contribution < 1.29 is 4.79 Å². The second kappa shape index (κ2) is 7.35. The molecule has 0 aliphatic carbocycles. The fourth-order valence-electron chi connectivity index (χ4n) is 3.81. The quantitative estimate of drug-likeness (QED) is 0.931. The van der Waals surface area contributed by atoms with E-state index in [1.54, 1.807) is 0 Å². The summed E-state index contributed by atoms with van der Waals surface area (Å²) in [6.45, 7) is 4.94. The Kier molecular flexibility index (Phi) is 5.21. The highest BCUT2D eigenvalue weighted by Gasteiger charge is 2.31. The van der Waals surface area contributed by atoms with E-state index in [4.69, 9.17) is 0 Å². The number of carbonyl (C=O) groups excluding carboxylic acids is 1. The standard InChI is InChI=1S/C19H29N3O/c1-15-6-5-7-17(14-15)20-16-9-12-22(13-10-16)19(23)18-8-3-4-11-21(18)2/h5-7,14,16,18,20H,3-4,8-13H2,1-2H3/t18-/m1/s1. The van der Waals surface area contributed by atoms with E-state index in [1.165, 1.54) is 24.1 Å². The fourth-order valence-corrected chi connectivity index (χ4v) is 3.81. The number of amides is 1. The van der Waals surface area contributed by atoms with Gasteiger partial charge in [-0.05, 0) is 63.9 Å². The van der Waals surface area contributed by atoms with Crippen LogP contribution in [0.15, 0.2) is 24.3 Å². The van der Waals surface area contributed by atoms with Gasteiger partial charge in [0, 0.05) is 24.8 Å². The minimum atomic E-state index is 0.116. The van der Waals surface area contributed by atoms with Crippen LogP contribution in [-0.2, 0) is 4.79 Å². The Morgan fingerprint density at radius 2 is 1.91 bits per heavy atom. The molecule has 1 aromatic rings. The summed E-state index contributed by atoms with van der Waals surface area (Å²) in [5, 5.41) is 3.62. The van der Waals surface area contributed by atoms with Gasteiger partial charge in [0.1, 0.15) is 0 Å². The molecule has 4 heteroatoms. The zero-order valence-electron chi connectivity index (χ0n) is 14.4. The van der Waals surface area contributed by atoms with E-state index < -0.39 is 0 Å². The average Bonchev–Trinajstić information content (AvgIpc) is 2.55. The summed E-state index contributed by atoms with van der Waals surface area (Å²) in [6, 6.07) is 9.12. The summed E-state index contributed by atoms with van der Waals surface area (Å²) in [5.74, 6) is 0.348. The van der Waals surface area contributed by atoms with Crippen molar-refractivity contribution in [1.82, 2.24) is 9.80 Å². The van der Waals surface area contributed by atoms with Crippen molar-refractivity contribution in [2.45, 2.75) is 51.1 Å². The van der Waals surface area contributed by atoms with Gasteiger partial charge in [-0.25, -0.2) is 0 Å². The molecular weight excluding hydrogens is 286 g/mol. The van der Waals surface area contributed by atoms with Crippen LogP contribution in [0.2, 0.25) is 0 Å². The van der Waals surface area contributed by atoms with Crippen LogP contribution in [0.5, 0.6) is 0 Å². The molecule has 1 atom stereocenters. The number of carbonyl (C=O) groups is 1. The zero-order chi connectivity index (χ0) is 16.2. The lowest BCUT2D eigenvalue weighted by Crippen LogP contribution is -2.52. The molecule has 4 nitrogen and oxygen atoms in total. The summed E-state index contributed by atoms with van der Waals surface area (Å²) in [4.78, 5) is 17.1. The first-order valence-corrected chi connectivity index (χ1v) is 8.96. The Morgan fingerprint density at radius 1 is 1.13 bits per heavy atom. The van der Waals surface area contributed by atoms with Gasteiger partial charge in [-0.2, -0.15) is 0 Å². The highest BCUT2D eigenvalue weighted by atomic mass is 16.2. The number of aryl methyl sites for hydroxylation is 1. The Labute approximate surface area is 139 Å². The van der Waals surface area contributed by atoms with Crippen LogP contribution < -0.4 is 5.32 Å². The Balaban J connectivity index is 1.51. The number of piperidine rings is 2. The number of nitrogens with one attached hydrogen (secondary N) is 1. The van der Waals surface area contributed by atoms with Gasteiger partial charge in [-0.15, -0.1) is 0 Å². The molecule has 0 radical (unpaired) electrons. The molecule has 0 aromatic heterocycles. The van der Waals surface area contributed by atoms with Gasteiger partial charge in [0.15, 0.2) is 0 Å². The number of anilines is 1. The van der Waals surface area contributed by atoms with Crippen LogP contribution in [-0.4, -0.2) is 54.5 Å². The minimum Gasteiger partial charge on any atom is -0.382 e. The van der Waals surface area contributed by atoms with Crippen molar-refractivity contribution >= 4 is 11.6 Å². The molecule has 126 valence electrons. The molecule has 0 spiro atoms. The lowest BCUT2D eigenvalue weighted by Gasteiger charge is -2.38. The predicted octanol–water partition coefficient (Wildman–Crippen LogP) is 2.88. The number of benzene rings is 1. The molecule has 3 rings (SSSR count). The number of hydrogen-bond donors (Lipinski definition) is 1. The van der Waals surface area contributed by atoms with Crippen molar-refractivity contribution in [3.05, 3.63) is 29.8 Å². The van der Waals surface area contributed by atoms with E-state index in [2.05, 4.69) is 53.4 Å². The van der Waals surface area contributed by atoms with Crippen LogP contribution in [0.1, 0.15) is 37.7 Å². The number of hydrogen-bond acceptors (Lipinski definition) is 3. The average molecular weight is 315 g/mol. The van der Waals surface area contributed by atoms with Gasteiger partial charge in [0.05, 0.1) is 6.04 Å². The maximum atomic E-state index is 12.7. The Hall–Kier alpha value is -1.55. The van der Waals surface area contributed by atoms with E-state index in [9.17, 15) is 4.79 Å². The largest absolute Gasteiger partial charge is 0.382 e. The molecule has 0 bridgehead atoms. The lowest BCUT2D eigenvalue weighted by atomic mass is 9.99. The van der Waals surface area contributed by atoms with E-state index in [1.807, 2.05) is 0 Å². The lowest BCUT2D eigenvalue weighted by molar-refractivity contribution is -0.138. The third-order valence-electron chi connectivity index (χ3n) is 5.25. The first-order valence-electron chi connectivity index (χ1n) is 8.96. The normalized spacial score (nSPS) is 23.7. The van der Waals surface area contributed by atoms with Gasteiger partial charge in [-0.1, -0.05) is 18.6 Å². The molecular formula is C19H29N3O. The van der Waals surface area contributed by atoms with Crippen molar-refractivity contribution in [3.8, 4) is 0 Å². The van der Waals surface area contributed by atoms with Crippen molar-refractivity contribution in [3.63, 3.8) is 0 Å². The van der Waals surface area contributed by atoms with Crippen LogP contribution in [0.4, 0.5) is 5.69 Å². The molecule has 2 heterocycles. The number of likely N-dealkylation sites (tertiary alicyclic amines) is 2. The molecule has 0 saturated carbocycles. The van der Waals surface area contributed by atoms with Crippen LogP contribution in [0.25, 0.3) is 0 Å². The van der Waals surface area contributed by atoms with Gasteiger partial charge in [0.25, 0.3) is 0 Å². The van der Waals surface area contributed by atoms with Crippen molar-refractivity contribution in [2.75, 3.05) is 32.0 Å². The maximum Gasteiger partial charge on any atom is 0.239 e. The molecule has 23 heavy (non-hydrogen) atoms. The van der Waals surface area contributed by atoms with E-state index in [0.29, 0.717) is 11.9 Å². The number of likely N-dealkylation sites (N-methyl/N-ethyl adjacent to an activating group) is 1. The molecule has 2 aliphatic heterocycles. The van der Waals surface area contributed by atoms with Crippen molar-refractivity contribution in [1.29, 1.82) is 0 Å². The second-order valence-electron chi connectivity index (χ2n) is 7.11. The molecule has 1 N–H and O–H groups in total. The van der Waals surface area contributed by atoms with Gasteiger partial charge >= 0.3 is 0 Å². The summed E-state index contributed by atoms with van der Waals surface area (Å²) in [6.07, 6.45) is 5.51. The van der Waals surface area contributed by atoms with Crippen molar-refractivity contribution in [2.24, 2.45) is 0 Å². The zero-order valence-corrected chi connectivity index (χ0v) is 14.4. The molecule has 1 aromatic carbocycles. The summed E-state index contributed by atoms with van der Waals surface area (Å²) >= 11 is 0. The van der Waals surface area contributed by atoms with E-state index in [-0.39, 0.29) is 6.04 Å². The topological polar surface area (TPSA) is 35.6 Å². The number of rotatable bonds is 3. The molecule has 1 amide bonds. The maximum absolute atomic E-state index is 12.7. The summed E-state index contributed by atoms with van der Waals surface area (Å²) in [7, 11) is 2.09.